The molecule has 3 amide bonds. The number of nitrogens with one attached hydrogen (secondary N) is 1. The molecule has 1 aliphatic heterocycles. The highest BCUT2D eigenvalue weighted by Crippen LogP contribution is 2.49. The van der Waals surface area contributed by atoms with Crippen LogP contribution in [0.25, 0.3) is 11.1 Å². The van der Waals surface area contributed by atoms with Crippen molar-refractivity contribution in [2.45, 2.75) is 24.8 Å². The summed E-state index contributed by atoms with van der Waals surface area (Å²) in [6.07, 6.45) is 0.0433. The molecule has 8 nitrogen and oxygen atoms in total. The molecule has 0 unspecified atom stereocenters. The van der Waals surface area contributed by atoms with E-state index in [1.807, 2.05) is 48.5 Å². The zero-order valence-electron chi connectivity index (χ0n) is 22.5. The largest absolute Gasteiger partial charge is 0.449 e. The minimum Gasteiger partial charge on any atom is -0.449 e. The van der Waals surface area contributed by atoms with Crippen molar-refractivity contribution in [2.75, 3.05) is 6.61 Å². The van der Waals surface area contributed by atoms with E-state index in [9.17, 15) is 19.2 Å². The van der Waals surface area contributed by atoms with Gasteiger partial charge in [0.1, 0.15) is 6.61 Å². The summed E-state index contributed by atoms with van der Waals surface area (Å²) in [5.74, 6) is -2.46. The van der Waals surface area contributed by atoms with Crippen LogP contribution in [0.5, 0.6) is 0 Å². The Labute approximate surface area is 241 Å². The lowest BCUT2D eigenvalue weighted by Gasteiger charge is -2.15. The summed E-state index contributed by atoms with van der Waals surface area (Å²) < 4.78 is 5.63. The molecule has 7 rings (SSSR count). The van der Waals surface area contributed by atoms with E-state index in [1.165, 1.54) is 23.3 Å². The minimum absolute atomic E-state index is 0.0154. The monoisotopic (exact) mass is 558 g/mol. The third-order valence-electron chi connectivity index (χ3n) is 8.19. The lowest BCUT2D eigenvalue weighted by Crippen LogP contribution is -2.33. The second-order valence-corrected chi connectivity index (χ2v) is 10.7. The van der Waals surface area contributed by atoms with Gasteiger partial charge in [0.2, 0.25) is 0 Å². The predicted molar refractivity (Wildman–Crippen MR) is 152 cm³/mol. The van der Waals surface area contributed by atoms with Crippen LogP contribution in [0, 0.1) is 5.92 Å². The van der Waals surface area contributed by atoms with Crippen LogP contribution in [0.3, 0.4) is 0 Å². The van der Waals surface area contributed by atoms with E-state index >= 15 is 0 Å². The Kier molecular flexibility index (Phi) is 6.31. The number of ether oxygens (including phenoxy) is 1. The van der Waals surface area contributed by atoms with Crippen LogP contribution >= 0.6 is 0 Å². The average molecular weight is 559 g/mol. The maximum absolute atomic E-state index is 12.8. The van der Waals surface area contributed by atoms with Gasteiger partial charge < -0.3 is 14.9 Å². The first-order chi connectivity index (χ1) is 20.5. The number of imide groups is 1. The number of alkyl carbamates (subject to hydrolysis) is 1. The fourth-order valence-electron chi connectivity index (χ4n) is 5.99. The Morgan fingerprint density at radius 3 is 2.00 bits per heavy atom. The molecule has 2 aliphatic carbocycles. The number of hydroxylamine groups is 2. The third kappa shape index (κ3) is 4.51. The molecule has 1 heterocycles. The molecule has 1 saturated carbocycles. The first-order valence-corrected chi connectivity index (χ1v) is 13.9. The maximum Gasteiger partial charge on any atom is 0.407 e. The van der Waals surface area contributed by atoms with Crippen molar-refractivity contribution in [3.05, 3.63) is 130 Å². The summed E-state index contributed by atoms with van der Waals surface area (Å²) in [6.45, 7) is 0.500. The molecule has 0 spiro atoms. The van der Waals surface area contributed by atoms with Crippen molar-refractivity contribution in [2.24, 2.45) is 5.92 Å². The van der Waals surface area contributed by atoms with Crippen LogP contribution in [0.1, 0.15) is 61.2 Å². The normalized spacial score (nSPS) is 18.2. The molecule has 0 bridgehead atoms. The van der Waals surface area contributed by atoms with Crippen molar-refractivity contribution in [1.29, 1.82) is 0 Å². The average Bonchev–Trinajstić information content (AvgIpc) is 3.73. The van der Waals surface area contributed by atoms with Gasteiger partial charge in [0.15, 0.2) is 0 Å². The van der Waals surface area contributed by atoms with Gasteiger partial charge in [0, 0.05) is 12.5 Å². The number of benzene rings is 4. The van der Waals surface area contributed by atoms with Crippen LogP contribution in [-0.4, -0.2) is 35.5 Å². The van der Waals surface area contributed by atoms with Crippen LogP contribution in [0.15, 0.2) is 97.1 Å². The number of fused-ring (bicyclic) bond motifs is 4. The summed E-state index contributed by atoms with van der Waals surface area (Å²) >= 11 is 0. The lowest BCUT2D eigenvalue weighted by atomic mass is 9.98. The van der Waals surface area contributed by atoms with E-state index in [0.29, 0.717) is 11.5 Å². The molecule has 0 radical (unpaired) electrons. The van der Waals surface area contributed by atoms with E-state index in [4.69, 9.17) is 9.57 Å². The van der Waals surface area contributed by atoms with Crippen molar-refractivity contribution in [3.63, 3.8) is 0 Å². The van der Waals surface area contributed by atoms with Gasteiger partial charge >= 0.3 is 12.1 Å². The van der Waals surface area contributed by atoms with Crippen LogP contribution in [0.4, 0.5) is 4.79 Å². The number of rotatable bonds is 7. The van der Waals surface area contributed by atoms with E-state index in [1.54, 1.807) is 12.1 Å². The molecule has 2 atom stereocenters. The minimum atomic E-state index is -0.637. The molecule has 0 aromatic heterocycles. The van der Waals surface area contributed by atoms with Crippen molar-refractivity contribution < 1.29 is 28.8 Å². The van der Waals surface area contributed by atoms with Gasteiger partial charge in [-0.05, 0) is 57.9 Å². The SMILES string of the molecule is O=C(NCc1cccc([C@@H]2C[C@H]2C(=O)ON2C(=O)c3ccccc3C2=O)c1)OCC1c2ccccc2-c2ccccc21. The molecular formula is C34H26N2O6. The van der Waals surface area contributed by atoms with Crippen molar-refractivity contribution in [3.8, 4) is 11.1 Å². The molecule has 1 N–H and O–H groups in total. The van der Waals surface area contributed by atoms with Gasteiger partial charge in [-0.2, -0.15) is 0 Å². The van der Waals surface area contributed by atoms with Crippen LogP contribution in [0.2, 0.25) is 0 Å². The highest BCUT2D eigenvalue weighted by atomic mass is 16.7. The summed E-state index contributed by atoms with van der Waals surface area (Å²) in [7, 11) is 0. The molecule has 208 valence electrons. The molecule has 4 aromatic rings. The molecule has 3 aliphatic rings. The van der Waals surface area contributed by atoms with E-state index in [0.717, 1.165) is 22.3 Å². The zero-order valence-corrected chi connectivity index (χ0v) is 22.5. The molecule has 1 fully saturated rings. The van der Waals surface area contributed by atoms with Crippen LogP contribution in [-0.2, 0) is 20.9 Å². The van der Waals surface area contributed by atoms with Crippen molar-refractivity contribution in [1.82, 2.24) is 10.4 Å². The number of carbonyl (C=O) groups excluding carboxylic acids is 4. The first-order valence-electron chi connectivity index (χ1n) is 13.9. The van der Waals surface area contributed by atoms with Gasteiger partial charge in [0.25, 0.3) is 11.8 Å². The molecule has 8 heteroatoms. The van der Waals surface area contributed by atoms with Gasteiger partial charge in [-0.1, -0.05) is 90.0 Å². The number of nitrogens with zero attached hydrogens (tertiary/aromatic N) is 1. The molecular weight excluding hydrogens is 532 g/mol. The second-order valence-electron chi connectivity index (χ2n) is 10.7. The fraction of sp³-hybridized carbons (Fsp3) is 0.176. The third-order valence-corrected chi connectivity index (χ3v) is 8.19. The zero-order chi connectivity index (χ0) is 28.8. The number of carbonyl (C=O) groups is 4. The lowest BCUT2D eigenvalue weighted by molar-refractivity contribution is -0.170. The van der Waals surface area contributed by atoms with Gasteiger partial charge in [-0.3, -0.25) is 9.59 Å². The Bertz CT molecular complexity index is 1680. The standard InChI is InChI=1S/C34H26N2O6/c37-31-26-14-5-6-15-27(26)32(38)36(31)42-33(39)29-17-28(29)21-9-7-8-20(16-21)18-35-34(40)41-19-30-24-12-3-1-10-22(24)23-11-2-4-13-25(23)30/h1-16,28-30H,17-19H2,(H,35,40)/t28-,29+/m0/s1. The van der Waals surface area contributed by atoms with E-state index in [-0.39, 0.29) is 36.1 Å². The fourth-order valence-corrected chi connectivity index (χ4v) is 5.99. The van der Waals surface area contributed by atoms with E-state index in [2.05, 4.69) is 29.6 Å². The van der Waals surface area contributed by atoms with Crippen molar-refractivity contribution >= 4 is 23.9 Å². The molecule has 42 heavy (non-hydrogen) atoms. The number of amides is 3. The Morgan fingerprint density at radius 1 is 0.762 bits per heavy atom. The summed E-state index contributed by atoms with van der Waals surface area (Å²) in [4.78, 5) is 55.7. The summed E-state index contributed by atoms with van der Waals surface area (Å²) in [5, 5.41) is 3.38. The predicted octanol–water partition coefficient (Wildman–Crippen LogP) is 5.58. The molecule has 4 aromatic carbocycles. The van der Waals surface area contributed by atoms with Crippen LogP contribution < -0.4 is 5.32 Å². The number of hydrogen-bond donors (Lipinski definition) is 1. The maximum atomic E-state index is 12.8. The van der Waals surface area contributed by atoms with E-state index < -0.39 is 29.8 Å². The Hall–Kier alpha value is -5.24. The smallest absolute Gasteiger partial charge is 0.407 e. The van der Waals surface area contributed by atoms with Gasteiger partial charge in [-0.15, -0.1) is 0 Å². The number of hydrogen-bond acceptors (Lipinski definition) is 6. The molecule has 0 saturated heterocycles. The Balaban J connectivity index is 0.931. The topological polar surface area (TPSA) is 102 Å². The second kappa shape index (κ2) is 10.3. The van der Waals surface area contributed by atoms with Gasteiger partial charge in [0.05, 0.1) is 17.0 Å². The highest BCUT2D eigenvalue weighted by Gasteiger charge is 2.48. The highest BCUT2D eigenvalue weighted by molar-refractivity contribution is 6.20. The summed E-state index contributed by atoms with van der Waals surface area (Å²) in [5.41, 5.74) is 6.87. The quantitative estimate of drug-likeness (QED) is 0.297. The van der Waals surface area contributed by atoms with Gasteiger partial charge in [-0.25, -0.2) is 9.59 Å². The first kappa shape index (κ1) is 25.7. The summed E-state index contributed by atoms with van der Waals surface area (Å²) in [6, 6.07) is 30.4. The Morgan fingerprint density at radius 2 is 1.36 bits per heavy atom.